The Bertz CT molecular complexity index is 453. The molecule has 1 unspecified atom stereocenters. The first-order chi connectivity index (χ1) is 8.88. The lowest BCUT2D eigenvalue weighted by molar-refractivity contribution is 0.0931. The van der Waals surface area contributed by atoms with Gasteiger partial charge in [-0.05, 0) is 12.8 Å². The maximum Gasteiger partial charge on any atom is 0.257 e. The average molecular weight is 279 g/mol. The summed E-state index contributed by atoms with van der Waals surface area (Å²) in [5.74, 6) is -8.04. The Morgan fingerprint density at radius 2 is 1.79 bits per heavy atom. The molecule has 1 aromatic rings. The van der Waals surface area contributed by atoms with E-state index < -0.39 is 40.8 Å². The Morgan fingerprint density at radius 1 is 1.26 bits per heavy atom. The van der Waals surface area contributed by atoms with Crippen LogP contribution in [0.4, 0.5) is 17.6 Å². The summed E-state index contributed by atoms with van der Waals surface area (Å²) in [7, 11) is 0. The van der Waals surface area contributed by atoms with E-state index in [-0.39, 0.29) is 19.0 Å². The molecule has 1 aromatic carbocycles. The van der Waals surface area contributed by atoms with Crippen LogP contribution in [-0.2, 0) is 0 Å². The van der Waals surface area contributed by atoms with Gasteiger partial charge in [0.25, 0.3) is 5.91 Å². The molecule has 0 fully saturated rings. The van der Waals surface area contributed by atoms with Gasteiger partial charge in [-0.2, -0.15) is 0 Å². The molecule has 106 valence electrons. The van der Waals surface area contributed by atoms with Crippen molar-refractivity contribution in [3.05, 3.63) is 34.9 Å². The lowest BCUT2D eigenvalue weighted by atomic mass is 10.1. The molecule has 0 spiro atoms. The maximum absolute atomic E-state index is 13.3. The van der Waals surface area contributed by atoms with Crippen molar-refractivity contribution in [1.82, 2.24) is 5.32 Å². The first-order valence-corrected chi connectivity index (χ1v) is 5.67. The highest BCUT2D eigenvalue weighted by atomic mass is 19.2. The van der Waals surface area contributed by atoms with Crippen LogP contribution in [0.5, 0.6) is 0 Å². The summed E-state index contributed by atoms with van der Waals surface area (Å²) < 4.78 is 52.3. The van der Waals surface area contributed by atoms with E-state index in [1.54, 1.807) is 6.92 Å². The SMILES string of the molecule is CCC(O)CCNC(=O)c1c(F)c(F)cc(F)c1F. The number of hydrogen-bond acceptors (Lipinski definition) is 2. The maximum atomic E-state index is 13.3. The van der Waals surface area contributed by atoms with Gasteiger partial charge in [-0.25, -0.2) is 17.6 Å². The van der Waals surface area contributed by atoms with Gasteiger partial charge in [0.15, 0.2) is 23.3 Å². The summed E-state index contributed by atoms with van der Waals surface area (Å²) in [5, 5.41) is 11.3. The van der Waals surface area contributed by atoms with Crippen molar-refractivity contribution < 1.29 is 27.5 Å². The van der Waals surface area contributed by atoms with Crippen molar-refractivity contribution in [2.75, 3.05) is 6.54 Å². The topological polar surface area (TPSA) is 49.3 Å². The molecule has 1 atom stereocenters. The third-order valence-electron chi connectivity index (χ3n) is 2.57. The van der Waals surface area contributed by atoms with Gasteiger partial charge >= 0.3 is 0 Å². The fourth-order valence-electron chi connectivity index (χ4n) is 1.42. The van der Waals surface area contributed by atoms with E-state index in [9.17, 15) is 27.5 Å². The molecule has 0 saturated heterocycles. The van der Waals surface area contributed by atoms with Gasteiger partial charge in [0.2, 0.25) is 0 Å². The van der Waals surface area contributed by atoms with Gasteiger partial charge < -0.3 is 10.4 Å². The second-order valence-corrected chi connectivity index (χ2v) is 3.95. The van der Waals surface area contributed by atoms with E-state index in [1.165, 1.54) is 0 Å². The first kappa shape index (κ1) is 15.4. The minimum absolute atomic E-state index is 0.0300. The molecular weight excluding hydrogens is 266 g/mol. The molecule has 0 aromatic heterocycles. The minimum Gasteiger partial charge on any atom is -0.393 e. The van der Waals surface area contributed by atoms with Gasteiger partial charge in [-0.15, -0.1) is 0 Å². The highest BCUT2D eigenvalue weighted by Crippen LogP contribution is 2.19. The smallest absolute Gasteiger partial charge is 0.257 e. The van der Waals surface area contributed by atoms with Gasteiger partial charge in [0.1, 0.15) is 5.56 Å². The van der Waals surface area contributed by atoms with Crippen LogP contribution in [0.3, 0.4) is 0 Å². The Kier molecular flexibility index (Phi) is 5.29. The summed E-state index contributed by atoms with van der Waals surface area (Å²) in [6, 6.07) is 0.0300. The molecule has 0 heterocycles. The summed E-state index contributed by atoms with van der Waals surface area (Å²) in [4.78, 5) is 11.5. The largest absolute Gasteiger partial charge is 0.393 e. The van der Waals surface area contributed by atoms with Gasteiger partial charge in [-0.1, -0.05) is 6.92 Å². The Morgan fingerprint density at radius 3 is 2.26 bits per heavy atom. The zero-order valence-electron chi connectivity index (χ0n) is 10.1. The van der Waals surface area contributed by atoms with Crippen molar-refractivity contribution in [2.45, 2.75) is 25.9 Å². The average Bonchev–Trinajstić information content (AvgIpc) is 2.36. The van der Waals surface area contributed by atoms with E-state index in [2.05, 4.69) is 5.32 Å². The molecule has 3 nitrogen and oxygen atoms in total. The van der Waals surface area contributed by atoms with Crippen LogP contribution in [-0.4, -0.2) is 23.7 Å². The van der Waals surface area contributed by atoms with Crippen LogP contribution in [0.15, 0.2) is 6.07 Å². The molecule has 0 radical (unpaired) electrons. The number of aliphatic hydroxyl groups is 1. The van der Waals surface area contributed by atoms with Crippen LogP contribution in [0.2, 0.25) is 0 Å². The van der Waals surface area contributed by atoms with Crippen LogP contribution >= 0.6 is 0 Å². The van der Waals surface area contributed by atoms with E-state index in [0.717, 1.165) is 0 Å². The monoisotopic (exact) mass is 279 g/mol. The van der Waals surface area contributed by atoms with E-state index in [0.29, 0.717) is 6.42 Å². The quantitative estimate of drug-likeness (QED) is 0.641. The number of benzene rings is 1. The van der Waals surface area contributed by atoms with Gasteiger partial charge in [0, 0.05) is 12.6 Å². The third-order valence-corrected chi connectivity index (χ3v) is 2.57. The van der Waals surface area contributed by atoms with E-state index in [1.807, 2.05) is 0 Å². The number of carbonyl (C=O) groups excluding carboxylic acids is 1. The molecule has 0 aliphatic heterocycles. The normalized spacial score (nSPS) is 12.3. The van der Waals surface area contributed by atoms with Gasteiger partial charge in [0.05, 0.1) is 6.10 Å². The Balaban J connectivity index is 2.83. The number of halogens is 4. The predicted octanol–water partition coefficient (Wildman–Crippen LogP) is 2.13. The van der Waals surface area contributed by atoms with Crippen molar-refractivity contribution >= 4 is 5.91 Å². The molecule has 7 heteroatoms. The number of nitrogens with one attached hydrogen (secondary N) is 1. The Labute approximate surface area is 107 Å². The van der Waals surface area contributed by atoms with Crippen LogP contribution in [0.1, 0.15) is 30.1 Å². The molecule has 1 amide bonds. The summed E-state index contributed by atoms with van der Waals surface area (Å²) in [6.45, 7) is 1.65. The predicted molar refractivity (Wildman–Crippen MR) is 59.5 cm³/mol. The zero-order valence-corrected chi connectivity index (χ0v) is 10.1. The molecule has 0 aliphatic carbocycles. The van der Waals surface area contributed by atoms with Crippen LogP contribution < -0.4 is 5.32 Å². The number of hydrogen-bond donors (Lipinski definition) is 2. The second kappa shape index (κ2) is 6.51. The molecule has 0 bridgehead atoms. The number of carbonyl (C=O) groups is 1. The minimum atomic E-state index is -1.74. The molecule has 1 rings (SSSR count). The van der Waals surface area contributed by atoms with Crippen molar-refractivity contribution in [1.29, 1.82) is 0 Å². The lowest BCUT2D eigenvalue weighted by Gasteiger charge is -2.10. The standard InChI is InChI=1S/C12H13F4NO2/c1-2-6(18)3-4-17-12(19)9-10(15)7(13)5-8(14)11(9)16/h5-6,18H,2-4H2,1H3,(H,17,19). The molecule has 2 N–H and O–H groups in total. The highest BCUT2D eigenvalue weighted by Gasteiger charge is 2.24. The van der Waals surface area contributed by atoms with Crippen LogP contribution in [0, 0.1) is 23.3 Å². The van der Waals surface area contributed by atoms with E-state index >= 15 is 0 Å². The highest BCUT2D eigenvalue weighted by molar-refractivity contribution is 5.94. The van der Waals surface area contributed by atoms with Crippen molar-refractivity contribution in [2.24, 2.45) is 0 Å². The van der Waals surface area contributed by atoms with Crippen molar-refractivity contribution in [3.8, 4) is 0 Å². The zero-order chi connectivity index (χ0) is 14.6. The molecule has 0 aliphatic rings. The summed E-state index contributed by atoms with van der Waals surface area (Å²) in [6.07, 6.45) is -0.0459. The van der Waals surface area contributed by atoms with Gasteiger partial charge in [-0.3, -0.25) is 4.79 Å². The second-order valence-electron chi connectivity index (χ2n) is 3.95. The summed E-state index contributed by atoms with van der Waals surface area (Å²) in [5.41, 5.74) is -1.30. The third kappa shape index (κ3) is 3.66. The summed E-state index contributed by atoms with van der Waals surface area (Å²) >= 11 is 0. The van der Waals surface area contributed by atoms with E-state index in [4.69, 9.17) is 0 Å². The molecular formula is C12H13F4NO2. The first-order valence-electron chi connectivity index (χ1n) is 5.67. The van der Waals surface area contributed by atoms with Crippen LogP contribution in [0.25, 0.3) is 0 Å². The number of amides is 1. The number of rotatable bonds is 5. The Hall–Kier alpha value is -1.63. The van der Waals surface area contributed by atoms with Crippen molar-refractivity contribution in [3.63, 3.8) is 0 Å². The fraction of sp³-hybridized carbons (Fsp3) is 0.417. The lowest BCUT2D eigenvalue weighted by Crippen LogP contribution is -2.29. The molecule has 19 heavy (non-hydrogen) atoms. The fourth-order valence-corrected chi connectivity index (χ4v) is 1.42. The molecule has 0 saturated carbocycles. The number of aliphatic hydroxyl groups excluding tert-OH is 1.